The van der Waals surface area contributed by atoms with Crippen LogP contribution in [0.3, 0.4) is 0 Å². The minimum absolute atomic E-state index is 0.102. The Kier molecular flexibility index (Phi) is 2.68. The molecule has 0 atom stereocenters. The van der Waals surface area contributed by atoms with Crippen molar-refractivity contribution in [1.82, 2.24) is 9.78 Å². The molecule has 0 aliphatic heterocycles. The van der Waals surface area contributed by atoms with E-state index in [-0.39, 0.29) is 10.6 Å². The maximum atomic E-state index is 12.9. The SMILES string of the molecule is CC(C)(C)n1nc(F)c(Cl)c1I. The molecule has 1 heterocycles. The lowest BCUT2D eigenvalue weighted by Crippen LogP contribution is -2.24. The topological polar surface area (TPSA) is 17.8 Å². The largest absolute Gasteiger partial charge is 0.252 e. The first-order valence-corrected chi connectivity index (χ1v) is 4.89. The van der Waals surface area contributed by atoms with Gasteiger partial charge in [0.1, 0.15) is 8.72 Å². The minimum atomic E-state index is -0.601. The van der Waals surface area contributed by atoms with Gasteiger partial charge in [0.05, 0.1) is 5.54 Å². The molecule has 0 N–H and O–H groups in total. The Hall–Kier alpha value is 0.160. The van der Waals surface area contributed by atoms with E-state index in [1.54, 1.807) is 4.68 Å². The van der Waals surface area contributed by atoms with Gasteiger partial charge in [0, 0.05) is 0 Å². The van der Waals surface area contributed by atoms with Gasteiger partial charge in [0.2, 0.25) is 0 Å². The summed E-state index contributed by atoms with van der Waals surface area (Å²) in [5.74, 6) is -0.601. The molecular formula is C7H9ClFIN2. The van der Waals surface area contributed by atoms with Crippen molar-refractivity contribution in [2.24, 2.45) is 0 Å². The molecule has 0 radical (unpaired) electrons. The van der Waals surface area contributed by atoms with Crippen molar-refractivity contribution in [1.29, 1.82) is 0 Å². The van der Waals surface area contributed by atoms with Gasteiger partial charge in [-0.05, 0) is 43.4 Å². The van der Waals surface area contributed by atoms with Crippen LogP contribution >= 0.6 is 34.2 Å². The average Bonchev–Trinajstić information content (AvgIpc) is 2.15. The van der Waals surface area contributed by atoms with Gasteiger partial charge in [-0.25, -0.2) is 4.68 Å². The van der Waals surface area contributed by atoms with Gasteiger partial charge in [-0.3, -0.25) is 0 Å². The number of rotatable bonds is 0. The van der Waals surface area contributed by atoms with E-state index in [1.165, 1.54) is 0 Å². The minimum Gasteiger partial charge on any atom is -0.250 e. The van der Waals surface area contributed by atoms with E-state index in [0.717, 1.165) is 0 Å². The monoisotopic (exact) mass is 302 g/mol. The third kappa shape index (κ3) is 1.74. The van der Waals surface area contributed by atoms with Crippen molar-refractivity contribution in [2.75, 3.05) is 0 Å². The van der Waals surface area contributed by atoms with Gasteiger partial charge in [0.25, 0.3) is 5.95 Å². The summed E-state index contributed by atoms with van der Waals surface area (Å²) in [6.07, 6.45) is 0. The van der Waals surface area contributed by atoms with Crippen LogP contribution in [0.5, 0.6) is 0 Å². The normalized spacial score (nSPS) is 12.2. The quantitative estimate of drug-likeness (QED) is 0.674. The van der Waals surface area contributed by atoms with Gasteiger partial charge in [-0.15, -0.1) is 5.10 Å². The Labute approximate surface area is 89.2 Å². The van der Waals surface area contributed by atoms with Crippen LogP contribution in [-0.2, 0) is 5.54 Å². The number of hydrogen-bond acceptors (Lipinski definition) is 1. The molecule has 0 unspecified atom stereocenters. The fraction of sp³-hybridized carbons (Fsp3) is 0.571. The smallest absolute Gasteiger partial charge is 0.250 e. The van der Waals surface area contributed by atoms with Crippen LogP contribution in [0.4, 0.5) is 4.39 Å². The third-order valence-electron chi connectivity index (χ3n) is 1.37. The molecule has 68 valence electrons. The molecule has 0 bridgehead atoms. The van der Waals surface area contributed by atoms with E-state index >= 15 is 0 Å². The summed E-state index contributed by atoms with van der Waals surface area (Å²) in [6, 6.07) is 0. The predicted octanol–water partition coefficient (Wildman–Crippen LogP) is 3.04. The molecule has 0 saturated carbocycles. The zero-order valence-electron chi connectivity index (χ0n) is 7.03. The van der Waals surface area contributed by atoms with Gasteiger partial charge in [-0.2, -0.15) is 4.39 Å². The van der Waals surface area contributed by atoms with Gasteiger partial charge in [0.15, 0.2) is 0 Å². The summed E-state index contributed by atoms with van der Waals surface area (Å²) in [7, 11) is 0. The molecule has 1 aromatic heterocycles. The Morgan fingerprint density at radius 2 is 2.00 bits per heavy atom. The van der Waals surface area contributed by atoms with Gasteiger partial charge in [-0.1, -0.05) is 11.6 Å². The molecule has 0 aliphatic carbocycles. The van der Waals surface area contributed by atoms with E-state index in [1.807, 2.05) is 43.4 Å². The first kappa shape index (κ1) is 10.2. The molecule has 0 fully saturated rings. The van der Waals surface area contributed by atoms with Crippen LogP contribution in [0, 0.1) is 9.65 Å². The molecular weight excluding hydrogens is 293 g/mol. The number of halogens is 3. The summed E-state index contributed by atoms with van der Waals surface area (Å²) in [6.45, 7) is 5.83. The highest BCUT2D eigenvalue weighted by atomic mass is 127. The lowest BCUT2D eigenvalue weighted by atomic mass is 10.1. The van der Waals surface area contributed by atoms with Crippen LogP contribution in [0.25, 0.3) is 0 Å². The highest BCUT2D eigenvalue weighted by Crippen LogP contribution is 2.26. The second-order valence-electron chi connectivity index (χ2n) is 3.48. The van der Waals surface area contributed by atoms with E-state index in [9.17, 15) is 4.39 Å². The average molecular weight is 303 g/mol. The summed E-state index contributed by atoms with van der Waals surface area (Å²) >= 11 is 7.62. The Balaban J connectivity index is 3.28. The van der Waals surface area contributed by atoms with Crippen LogP contribution in [0.2, 0.25) is 5.02 Å². The maximum Gasteiger partial charge on any atom is 0.252 e. The molecule has 12 heavy (non-hydrogen) atoms. The second kappa shape index (κ2) is 3.14. The fourth-order valence-electron chi connectivity index (χ4n) is 0.798. The van der Waals surface area contributed by atoms with E-state index in [4.69, 9.17) is 11.6 Å². The Morgan fingerprint density at radius 1 is 1.50 bits per heavy atom. The highest BCUT2D eigenvalue weighted by molar-refractivity contribution is 14.1. The van der Waals surface area contributed by atoms with Gasteiger partial charge >= 0.3 is 0 Å². The third-order valence-corrected chi connectivity index (χ3v) is 3.02. The van der Waals surface area contributed by atoms with Gasteiger partial charge < -0.3 is 0 Å². The van der Waals surface area contributed by atoms with Crippen molar-refractivity contribution in [2.45, 2.75) is 26.3 Å². The molecule has 2 nitrogen and oxygen atoms in total. The molecule has 1 aromatic rings. The summed E-state index contributed by atoms with van der Waals surface area (Å²) in [5.41, 5.74) is -0.232. The van der Waals surface area contributed by atoms with Crippen molar-refractivity contribution < 1.29 is 4.39 Å². The lowest BCUT2D eigenvalue weighted by Gasteiger charge is -2.19. The van der Waals surface area contributed by atoms with Crippen molar-refractivity contribution in [3.05, 3.63) is 14.7 Å². The summed E-state index contributed by atoms with van der Waals surface area (Å²) < 4.78 is 15.1. The molecule has 0 saturated heterocycles. The van der Waals surface area contributed by atoms with E-state index in [2.05, 4.69) is 5.10 Å². The highest BCUT2D eigenvalue weighted by Gasteiger charge is 2.22. The molecule has 0 spiro atoms. The predicted molar refractivity (Wildman–Crippen MR) is 54.9 cm³/mol. The zero-order chi connectivity index (χ0) is 9.52. The lowest BCUT2D eigenvalue weighted by molar-refractivity contribution is 0.335. The number of nitrogens with zero attached hydrogens (tertiary/aromatic N) is 2. The van der Waals surface area contributed by atoms with Crippen LogP contribution in [-0.4, -0.2) is 9.78 Å². The van der Waals surface area contributed by atoms with Crippen LogP contribution < -0.4 is 0 Å². The Morgan fingerprint density at radius 3 is 2.17 bits per heavy atom. The maximum absolute atomic E-state index is 12.9. The summed E-state index contributed by atoms with van der Waals surface area (Å²) in [5, 5.41) is 3.79. The molecule has 0 aliphatic rings. The van der Waals surface area contributed by atoms with Crippen molar-refractivity contribution >= 4 is 34.2 Å². The van der Waals surface area contributed by atoms with E-state index < -0.39 is 5.95 Å². The number of hydrogen-bond donors (Lipinski definition) is 0. The fourth-order valence-corrected chi connectivity index (χ4v) is 1.97. The Bertz CT molecular complexity index is 303. The molecule has 1 rings (SSSR count). The standard InChI is InChI=1S/C7H9ClFIN2/c1-7(2,3)12-6(10)4(8)5(9)11-12/h1-3H3. The number of aromatic nitrogens is 2. The summed E-state index contributed by atoms with van der Waals surface area (Å²) in [4.78, 5) is 0. The molecule has 0 aromatic carbocycles. The van der Waals surface area contributed by atoms with Crippen molar-refractivity contribution in [3.8, 4) is 0 Å². The first-order chi connectivity index (χ1) is 5.34. The van der Waals surface area contributed by atoms with Crippen molar-refractivity contribution in [3.63, 3.8) is 0 Å². The van der Waals surface area contributed by atoms with Crippen LogP contribution in [0.1, 0.15) is 20.8 Å². The van der Waals surface area contributed by atoms with Crippen LogP contribution in [0.15, 0.2) is 0 Å². The molecule has 0 amide bonds. The second-order valence-corrected chi connectivity index (χ2v) is 4.88. The van der Waals surface area contributed by atoms with E-state index in [0.29, 0.717) is 3.70 Å². The zero-order valence-corrected chi connectivity index (χ0v) is 9.94. The first-order valence-electron chi connectivity index (χ1n) is 3.44. The molecule has 5 heteroatoms.